The first-order chi connectivity index (χ1) is 12.0. The molecule has 132 valence electrons. The molecule has 0 atom stereocenters. The fraction of sp³-hybridized carbons (Fsp3) is 0.294. The highest BCUT2D eigenvalue weighted by Crippen LogP contribution is 2.23. The summed E-state index contributed by atoms with van der Waals surface area (Å²) >= 11 is 0. The average molecular weight is 346 g/mol. The normalized spacial score (nSPS) is 12.3. The molecule has 0 radical (unpaired) electrons. The average Bonchev–Trinajstić information content (AvgIpc) is 2.97. The number of benzene rings is 1. The second kappa shape index (κ2) is 8.18. The highest BCUT2D eigenvalue weighted by atomic mass is 19.1. The zero-order valence-corrected chi connectivity index (χ0v) is 14.2. The molecule has 7 nitrogen and oxygen atoms in total. The van der Waals surface area contributed by atoms with Gasteiger partial charge in [-0.25, -0.2) is 9.18 Å². The van der Waals surface area contributed by atoms with Gasteiger partial charge < -0.3 is 9.84 Å². The molecule has 0 amide bonds. The minimum absolute atomic E-state index is 0.0581. The second-order valence-corrected chi connectivity index (χ2v) is 5.06. The van der Waals surface area contributed by atoms with Gasteiger partial charge in [-0.3, -0.25) is 4.68 Å². The molecule has 0 saturated heterocycles. The van der Waals surface area contributed by atoms with Crippen molar-refractivity contribution < 1.29 is 19.0 Å². The number of hydrogen-bond acceptors (Lipinski definition) is 6. The molecule has 1 N–H and O–H groups in total. The van der Waals surface area contributed by atoms with E-state index < -0.39 is 23.2 Å². The van der Waals surface area contributed by atoms with E-state index in [-0.39, 0.29) is 12.3 Å². The highest BCUT2D eigenvalue weighted by Gasteiger charge is 2.21. The molecule has 0 unspecified atom stereocenters. The Kier molecular flexibility index (Phi) is 5.99. The van der Waals surface area contributed by atoms with Crippen LogP contribution in [0.2, 0.25) is 0 Å². The predicted molar refractivity (Wildman–Crippen MR) is 89.7 cm³/mol. The molecule has 1 heterocycles. The molecule has 0 bridgehead atoms. The molecule has 2 aromatic rings. The van der Waals surface area contributed by atoms with Gasteiger partial charge in [0.05, 0.1) is 12.3 Å². The number of carbonyl (C=O) groups is 1. The Hall–Kier alpha value is -3.03. The lowest BCUT2D eigenvalue weighted by Gasteiger charge is -2.07. The van der Waals surface area contributed by atoms with E-state index in [2.05, 4.69) is 15.3 Å². The van der Waals surface area contributed by atoms with E-state index in [0.29, 0.717) is 17.9 Å². The summed E-state index contributed by atoms with van der Waals surface area (Å²) in [6.07, 6.45) is 0. The number of halogens is 1. The molecular weight excluding hydrogens is 327 g/mol. The molecule has 0 saturated carbocycles. The van der Waals surface area contributed by atoms with Crippen molar-refractivity contribution in [3.8, 4) is 0 Å². The summed E-state index contributed by atoms with van der Waals surface area (Å²) in [6, 6.07) is 7.32. The summed E-state index contributed by atoms with van der Waals surface area (Å²) in [7, 11) is 0. The second-order valence-electron chi connectivity index (χ2n) is 5.06. The Morgan fingerprint density at radius 2 is 2.08 bits per heavy atom. The van der Waals surface area contributed by atoms with Crippen LogP contribution in [0.5, 0.6) is 0 Å². The van der Waals surface area contributed by atoms with Crippen molar-refractivity contribution in [3.05, 3.63) is 53.2 Å². The maximum absolute atomic E-state index is 13.7. The van der Waals surface area contributed by atoms with Gasteiger partial charge in [-0.2, -0.15) is 5.10 Å². The van der Waals surface area contributed by atoms with Crippen molar-refractivity contribution in [2.75, 3.05) is 6.61 Å². The lowest BCUT2D eigenvalue weighted by Crippen LogP contribution is -2.10. The van der Waals surface area contributed by atoms with E-state index in [1.54, 1.807) is 26.0 Å². The molecule has 1 aromatic carbocycles. The largest absolute Gasteiger partial charge is 0.504 e. The number of nitrogens with zero attached hydrogens (tertiary/aromatic N) is 4. The van der Waals surface area contributed by atoms with Crippen LogP contribution in [0.1, 0.15) is 25.2 Å². The molecule has 0 aliphatic carbocycles. The third-order valence-electron chi connectivity index (χ3n) is 3.25. The summed E-state index contributed by atoms with van der Waals surface area (Å²) in [5.74, 6) is -1.88. The maximum Gasteiger partial charge on any atom is 0.362 e. The van der Waals surface area contributed by atoms with Crippen molar-refractivity contribution in [1.82, 2.24) is 9.78 Å². The van der Waals surface area contributed by atoms with Crippen molar-refractivity contribution in [2.24, 2.45) is 10.2 Å². The monoisotopic (exact) mass is 346 g/mol. The smallest absolute Gasteiger partial charge is 0.362 e. The Morgan fingerprint density at radius 1 is 1.36 bits per heavy atom. The Morgan fingerprint density at radius 3 is 2.72 bits per heavy atom. The Bertz CT molecular complexity index is 827. The van der Waals surface area contributed by atoms with E-state index in [0.717, 1.165) is 0 Å². The number of aryl methyl sites for hydroxylation is 2. The predicted octanol–water partition coefficient (Wildman–Crippen LogP) is 3.92. The first kappa shape index (κ1) is 18.3. The van der Waals surface area contributed by atoms with Crippen LogP contribution in [0, 0.1) is 12.7 Å². The molecule has 8 heteroatoms. The van der Waals surface area contributed by atoms with Crippen molar-refractivity contribution in [1.29, 1.82) is 0 Å². The molecular formula is C17H19FN4O3. The number of aromatic nitrogens is 2. The van der Waals surface area contributed by atoms with Gasteiger partial charge in [0.25, 0.3) is 0 Å². The lowest BCUT2D eigenvalue weighted by atomic mass is 10.2. The van der Waals surface area contributed by atoms with E-state index in [9.17, 15) is 14.3 Å². The topological polar surface area (TPSA) is 89.1 Å². The van der Waals surface area contributed by atoms with E-state index in [1.807, 2.05) is 6.92 Å². The molecule has 0 spiro atoms. The van der Waals surface area contributed by atoms with Crippen LogP contribution in [0.4, 0.5) is 10.1 Å². The molecule has 0 fully saturated rings. The van der Waals surface area contributed by atoms with Gasteiger partial charge in [-0.05, 0) is 39.0 Å². The van der Waals surface area contributed by atoms with Crippen LogP contribution in [0.3, 0.4) is 0 Å². The van der Waals surface area contributed by atoms with Crippen LogP contribution < -0.4 is 0 Å². The van der Waals surface area contributed by atoms with Crippen molar-refractivity contribution in [2.45, 2.75) is 27.3 Å². The van der Waals surface area contributed by atoms with Crippen molar-refractivity contribution in [3.63, 3.8) is 0 Å². The Labute approximate surface area is 144 Å². The number of azo groups is 1. The summed E-state index contributed by atoms with van der Waals surface area (Å²) in [5, 5.41) is 22.2. The van der Waals surface area contributed by atoms with E-state index >= 15 is 0 Å². The number of ether oxygens (including phenoxy) is 1. The summed E-state index contributed by atoms with van der Waals surface area (Å²) < 4.78 is 20.1. The SMILES string of the molecule is CCOC(=O)C(N=Nc1ccccc1F)=C(O)c1cc(C)nn1CC. The molecule has 2 rings (SSSR count). The minimum atomic E-state index is -0.860. The van der Waals surface area contributed by atoms with Crippen LogP contribution in [0.15, 0.2) is 46.3 Å². The quantitative estimate of drug-likeness (QED) is 0.371. The van der Waals surface area contributed by atoms with Crippen LogP contribution in [-0.4, -0.2) is 27.5 Å². The minimum Gasteiger partial charge on any atom is -0.504 e. The van der Waals surface area contributed by atoms with Crippen LogP contribution in [-0.2, 0) is 16.1 Å². The van der Waals surface area contributed by atoms with Gasteiger partial charge in [0.1, 0.15) is 11.4 Å². The number of esters is 1. The van der Waals surface area contributed by atoms with Crippen molar-refractivity contribution >= 4 is 17.4 Å². The van der Waals surface area contributed by atoms with Gasteiger partial charge >= 0.3 is 5.97 Å². The van der Waals surface area contributed by atoms with E-state index in [4.69, 9.17) is 4.74 Å². The third kappa shape index (κ3) is 4.28. The third-order valence-corrected chi connectivity index (χ3v) is 3.25. The zero-order chi connectivity index (χ0) is 18.4. The fourth-order valence-electron chi connectivity index (χ4n) is 2.12. The zero-order valence-electron chi connectivity index (χ0n) is 14.2. The number of aliphatic hydroxyl groups excluding tert-OH is 1. The van der Waals surface area contributed by atoms with Crippen LogP contribution in [0.25, 0.3) is 5.76 Å². The molecule has 25 heavy (non-hydrogen) atoms. The molecule has 1 aromatic heterocycles. The van der Waals surface area contributed by atoms with Gasteiger partial charge in [0, 0.05) is 6.54 Å². The van der Waals surface area contributed by atoms with Gasteiger partial charge in [0.2, 0.25) is 5.70 Å². The number of rotatable bonds is 6. The van der Waals surface area contributed by atoms with Gasteiger partial charge in [-0.1, -0.05) is 12.1 Å². The standard InChI is InChI=1S/C17H19FN4O3/c1-4-22-14(10-11(3)21-22)16(23)15(17(24)25-5-2)20-19-13-9-7-6-8-12(13)18/h6-10,23H,4-5H2,1-3H3. The van der Waals surface area contributed by atoms with E-state index in [1.165, 1.54) is 22.9 Å². The number of carbonyl (C=O) groups excluding carboxylic acids is 1. The van der Waals surface area contributed by atoms with Crippen LogP contribution >= 0.6 is 0 Å². The molecule has 0 aliphatic rings. The maximum atomic E-state index is 13.7. The summed E-state index contributed by atoms with van der Waals surface area (Å²) in [6.45, 7) is 5.80. The highest BCUT2D eigenvalue weighted by molar-refractivity contribution is 5.95. The molecule has 0 aliphatic heterocycles. The first-order valence-corrected chi connectivity index (χ1v) is 7.79. The number of aliphatic hydroxyl groups is 1. The summed E-state index contributed by atoms with van der Waals surface area (Å²) in [5.41, 5.74) is 0.491. The lowest BCUT2D eigenvalue weighted by molar-refractivity contribution is -0.138. The first-order valence-electron chi connectivity index (χ1n) is 7.79. The summed E-state index contributed by atoms with van der Waals surface area (Å²) in [4.78, 5) is 12.2. The fourth-order valence-corrected chi connectivity index (χ4v) is 2.12. The van der Waals surface area contributed by atoms with Gasteiger partial charge in [-0.15, -0.1) is 10.2 Å². The number of hydrogen-bond donors (Lipinski definition) is 1. The van der Waals surface area contributed by atoms with Gasteiger partial charge in [0.15, 0.2) is 11.6 Å². The Balaban J connectivity index is 2.51.